The maximum absolute atomic E-state index is 10.6. The molecule has 90 valence electrons. The molecule has 6 nitrogen and oxygen atoms in total. The van der Waals surface area contributed by atoms with Crippen LogP contribution in [0, 0.1) is 11.3 Å². The third-order valence-corrected chi connectivity index (χ3v) is 2.20. The van der Waals surface area contributed by atoms with E-state index in [9.17, 15) is 4.57 Å². The van der Waals surface area contributed by atoms with Crippen LogP contribution in [0.5, 0.6) is 0 Å². The molecule has 0 heterocycles. The minimum absolute atomic E-state index is 0.0134. The van der Waals surface area contributed by atoms with Crippen molar-refractivity contribution in [1.82, 2.24) is 4.90 Å². The predicted molar refractivity (Wildman–Crippen MR) is 58.1 cm³/mol. The Labute approximate surface area is 96.0 Å². The molecule has 2 atom stereocenters. The Balaban J connectivity index is 4.64. The topological polar surface area (TPSA) is 82.8 Å². The van der Waals surface area contributed by atoms with Crippen LogP contribution in [0.15, 0.2) is 12.5 Å². The summed E-state index contributed by atoms with van der Waals surface area (Å²) in [5, 5.41) is 8.65. The molecular weight excluding hydrogens is 231 g/mol. The third kappa shape index (κ3) is 5.08. The molecule has 0 spiro atoms. The van der Waals surface area contributed by atoms with Crippen LogP contribution in [0.4, 0.5) is 0 Å². The van der Waals surface area contributed by atoms with Crippen LogP contribution in [0.1, 0.15) is 20.3 Å². The lowest BCUT2D eigenvalue weighted by atomic mass is 10.3. The molecule has 0 bridgehead atoms. The highest BCUT2D eigenvalue weighted by Crippen LogP contribution is 2.24. The molecule has 7 heteroatoms. The van der Waals surface area contributed by atoms with Crippen molar-refractivity contribution in [2.45, 2.75) is 26.5 Å². The van der Waals surface area contributed by atoms with Crippen LogP contribution in [0.25, 0.3) is 0 Å². The first-order valence-corrected chi connectivity index (χ1v) is 5.98. The summed E-state index contributed by atoms with van der Waals surface area (Å²) < 4.78 is 20.5. The summed E-state index contributed by atoms with van der Waals surface area (Å²) in [4.78, 5) is 10.1. The zero-order valence-corrected chi connectivity index (χ0v) is 10.3. The van der Waals surface area contributed by atoms with Crippen LogP contribution in [0.3, 0.4) is 0 Å². The van der Waals surface area contributed by atoms with Crippen LogP contribution in [-0.2, 0) is 13.8 Å². The highest BCUT2D eigenvalue weighted by molar-refractivity contribution is 7.32. The number of ether oxygens (including phenoxy) is 1. The van der Waals surface area contributed by atoms with Crippen LogP contribution < -0.4 is 0 Å². The van der Waals surface area contributed by atoms with Gasteiger partial charge in [-0.3, -0.25) is 4.90 Å². The van der Waals surface area contributed by atoms with Crippen LogP contribution in [0.2, 0.25) is 0 Å². The molecule has 0 aromatic heterocycles. The molecule has 0 rings (SSSR count). The molecule has 0 fully saturated rings. The van der Waals surface area contributed by atoms with Crippen molar-refractivity contribution in [2.75, 3.05) is 13.2 Å². The average Bonchev–Trinajstić information content (AvgIpc) is 2.23. The van der Waals surface area contributed by atoms with Gasteiger partial charge in [0.1, 0.15) is 6.54 Å². The molecule has 0 aliphatic carbocycles. The molecule has 2 unspecified atom stereocenters. The van der Waals surface area contributed by atoms with Crippen molar-refractivity contribution in [3.05, 3.63) is 12.5 Å². The zero-order valence-electron chi connectivity index (χ0n) is 9.42. The van der Waals surface area contributed by atoms with Gasteiger partial charge in [-0.2, -0.15) is 5.26 Å². The molecule has 1 N–H and O–H groups in total. The molecule has 0 aliphatic heterocycles. The van der Waals surface area contributed by atoms with Crippen molar-refractivity contribution in [2.24, 2.45) is 0 Å². The molecule has 0 aromatic carbocycles. The number of nitriles is 1. The summed E-state index contributed by atoms with van der Waals surface area (Å²) in [7, 11) is -2.72. The fourth-order valence-electron chi connectivity index (χ4n) is 1.13. The quantitative estimate of drug-likeness (QED) is 0.304. The molecule has 0 aromatic rings. The second-order valence-electron chi connectivity index (χ2n) is 2.82. The van der Waals surface area contributed by atoms with Gasteiger partial charge in [0.2, 0.25) is 0 Å². The summed E-state index contributed by atoms with van der Waals surface area (Å²) in [6, 6.07) is 1.92. The first-order chi connectivity index (χ1) is 7.56. The zero-order chi connectivity index (χ0) is 12.6. The smallest absolute Gasteiger partial charge is 0.480 e. The van der Waals surface area contributed by atoms with E-state index in [4.69, 9.17) is 19.4 Å². The van der Waals surface area contributed by atoms with Crippen molar-refractivity contribution in [1.29, 1.82) is 5.26 Å². The van der Waals surface area contributed by atoms with E-state index < -0.39 is 14.5 Å². The minimum Gasteiger partial charge on any atom is -0.480 e. The molecule has 0 aliphatic rings. The normalized spacial score (nSPS) is 12.5. The van der Waals surface area contributed by atoms with E-state index in [-0.39, 0.29) is 12.4 Å². The van der Waals surface area contributed by atoms with E-state index in [1.165, 1.54) is 4.90 Å². The van der Waals surface area contributed by atoms with Gasteiger partial charge in [-0.05, 0) is 19.9 Å². The molecule has 0 saturated heterocycles. The summed E-state index contributed by atoms with van der Waals surface area (Å²) in [6.07, 6.45) is -0.248. The number of rotatable bonds is 8. The fourth-order valence-corrected chi connectivity index (χ4v) is 1.60. The third-order valence-electron chi connectivity index (χ3n) is 1.78. The molecular formula is C9H16N2O4P+. The standard InChI is InChI=1S/C9H15N2O4P/c1-4-9(15-16(12)13)11(7-6-10)8(3)14-5-2/h9H,3-5,7H2,1-2H3/p+1. The molecule has 0 radical (unpaired) electrons. The van der Waals surface area contributed by atoms with E-state index >= 15 is 0 Å². The first-order valence-electron chi connectivity index (χ1n) is 4.84. The van der Waals surface area contributed by atoms with E-state index in [1.807, 2.05) is 6.07 Å². The van der Waals surface area contributed by atoms with E-state index in [2.05, 4.69) is 6.58 Å². The lowest BCUT2D eigenvalue weighted by molar-refractivity contribution is 0.00324. The molecule has 16 heavy (non-hydrogen) atoms. The fraction of sp³-hybridized carbons (Fsp3) is 0.667. The Bertz CT molecular complexity index is 290. The number of hydrogen-bond acceptors (Lipinski definition) is 5. The maximum atomic E-state index is 10.6. The molecule has 0 saturated carbocycles. The van der Waals surface area contributed by atoms with Gasteiger partial charge in [-0.1, -0.05) is 11.4 Å². The highest BCUT2D eigenvalue weighted by atomic mass is 31.1. The van der Waals surface area contributed by atoms with Crippen molar-refractivity contribution in [3.63, 3.8) is 0 Å². The van der Waals surface area contributed by atoms with Crippen LogP contribution >= 0.6 is 8.25 Å². The summed E-state index contributed by atoms with van der Waals surface area (Å²) in [6.45, 7) is 7.58. The summed E-state index contributed by atoms with van der Waals surface area (Å²) in [5.74, 6) is 0.257. The Hall–Kier alpha value is -1.15. The Kier molecular flexibility index (Phi) is 7.48. The van der Waals surface area contributed by atoms with Gasteiger partial charge in [0.15, 0.2) is 12.1 Å². The van der Waals surface area contributed by atoms with Gasteiger partial charge >= 0.3 is 8.25 Å². The lowest BCUT2D eigenvalue weighted by Gasteiger charge is -2.27. The van der Waals surface area contributed by atoms with Crippen molar-refractivity contribution < 1.29 is 18.7 Å². The largest absolute Gasteiger partial charge is 0.696 e. The highest BCUT2D eigenvalue weighted by Gasteiger charge is 2.28. The average molecular weight is 247 g/mol. The van der Waals surface area contributed by atoms with Gasteiger partial charge in [-0.25, -0.2) is 0 Å². The van der Waals surface area contributed by atoms with Gasteiger partial charge in [-0.15, -0.1) is 4.89 Å². The monoisotopic (exact) mass is 247 g/mol. The predicted octanol–water partition coefficient (Wildman–Crippen LogP) is 1.72. The van der Waals surface area contributed by atoms with Gasteiger partial charge in [0.25, 0.3) is 0 Å². The Morgan fingerprint density at radius 3 is 2.69 bits per heavy atom. The van der Waals surface area contributed by atoms with Gasteiger partial charge in [0, 0.05) is 4.57 Å². The number of nitrogens with zero attached hydrogens (tertiary/aromatic N) is 2. The van der Waals surface area contributed by atoms with E-state index in [1.54, 1.807) is 13.8 Å². The van der Waals surface area contributed by atoms with Gasteiger partial charge in [0.05, 0.1) is 12.7 Å². The Morgan fingerprint density at radius 2 is 2.31 bits per heavy atom. The van der Waals surface area contributed by atoms with Crippen LogP contribution in [-0.4, -0.2) is 29.2 Å². The van der Waals surface area contributed by atoms with E-state index in [0.717, 1.165) is 0 Å². The Morgan fingerprint density at radius 1 is 1.69 bits per heavy atom. The summed E-state index contributed by atoms with van der Waals surface area (Å²) >= 11 is 0. The molecule has 0 amide bonds. The maximum Gasteiger partial charge on any atom is 0.696 e. The van der Waals surface area contributed by atoms with Gasteiger partial charge < -0.3 is 4.74 Å². The second kappa shape index (κ2) is 8.05. The van der Waals surface area contributed by atoms with Crippen molar-refractivity contribution >= 4 is 8.25 Å². The van der Waals surface area contributed by atoms with E-state index in [0.29, 0.717) is 13.0 Å². The van der Waals surface area contributed by atoms with Crippen molar-refractivity contribution in [3.8, 4) is 6.07 Å². The second-order valence-corrected chi connectivity index (χ2v) is 3.51. The number of hydrogen-bond donors (Lipinski definition) is 1. The first kappa shape index (κ1) is 14.8. The summed E-state index contributed by atoms with van der Waals surface area (Å²) in [5.41, 5.74) is 0. The SMILES string of the molecule is C=C(OCC)N(CC#N)C(CC)O[P+](=O)O. The lowest BCUT2D eigenvalue weighted by Crippen LogP contribution is -2.36. The minimum atomic E-state index is -2.72.